The Labute approximate surface area is 192 Å². The van der Waals surface area contributed by atoms with Gasteiger partial charge in [-0.05, 0) is 60.7 Å². The van der Waals surface area contributed by atoms with E-state index in [2.05, 4.69) is 72.0 Å². The standard InChI is InChI=1S/C27H27N3OS/c1-18-8-6-7-11-23(18)29-25-22(16-28-24-19(2)17-32-26(24)25)27(31)30-14-12-21(13-15-30)20-9-4-3-5-10-20/h3-11,16-17,21H,12-15H2,1-2H3,(H,28,29). The lowest BCUT2D eigenvalue weighted by molar-refractivity contribution is 0.0714. The first-order chi connectivity index (χ1) is 15.6. The van der Waals surface area contributed by atoms with Crippen molar-refractivity contribution in [3.8, 4) is 0 Å². The van der Waals surface area contributed by atoms with E-state index >= 15 is 0 Å². The predicted octanol–water partition coefficient (Wildman–Crippen LogP) is 6.68. The van der Waals surface area contributed by atoms with Crippen LogP contribution in [0.3, 0.4) is 0 Å². The topological polar surface area (TPSA) is 45.2 Å². The van der Waals surface area contributed by atoms with E-state index in [1.807, 2.05) is 17.0 Å². The minimum Gasteiger partial charge on any atom is -0.353 e. The predicted molar refractivity (Wildman–Crippen MR) is 133 cm³/mol. The molecule has 0 unspecified atom stereocenters. The zero-order chi connectivity index (χ0) is 22.1. The normalized spacial score (nSPS) is 14.6. The number of nitrogens with zero attached hydrogens (tertiary/aromatic N) is 2. The molecule has 1 aliphatic heterocycles. The Kier molecular flexibility index (Phi) is 5.66. The van der Waals surface area contributed by atoms with Crippen LogP contribution in [0.15, 0.2) is 66.2 Å². The van der Waals surface area contributed by atoms with Crippen molar-refractivity contribution in [2.75, 3.05) is 18.4 Å². The number of hydrogen-bond donors (Lipinski definition) is 1. The van der Waals surface area contributed by atoms with Gasteiger partial charge in [-0.2, -0.15) is 0 Å². The molecule has 5 rings (SSSR count). The number of aryl methyl sites for hydroxylation is 2. The lowest BCUT2D eigenvalue weighted by Gasteiger charge is -2.32. The number of piperidine rings is 1. The molecule has 1 aliphatic rings. The van der Waals surface area contributed by atoms with Crippen LogP contribution in [0.25, 0.3) is 10.2 Å². The van der Waals surface area contributed by atoms with E-state index in [4.69, 9.17) is 0 Å². The van der Waals surface area contributed by atoms with Gasteiger partial charge in [0.2, 0.25) is 0 Å². The van der Waals surface area contributed by atoms with Gasteiger partial charge in [-0.25, -0.2) is 0 Å². The Morgan fingerprint density at radius 2 is 1.72 bits per heavy atom. The van der Waals surface area contributed by atoms with E-state index in [1.165, 1.54) is 5.56 Å². The van der Waals surface area contributed by atoms with Crippen LogP contribution in [0.2, 0.25) is 0 Å². The Hall–Kier alpha value is -3.18. The number of carbonyl (C=O) groups excluding carboxylic acids is 1. The molecule has 0 radical (unpaired) electrons. The number of aromatic nitrogens is 1. The Bertz CT molecular complexity index is 1260. The molecule has 0 spiro atoms. The minimum atomic E-state index is 0.0630. The van der Waals surface area contributed by atoms with Crippen molar-refractivity contribution < 1.29 is 4.79 Å². The first kappa shape index (κ1) is 20.7. The lowest BCUT2D eigenvalue weighted by Crippen LogP contribution is -2.38. The third-order valence-electron chi connectivity index (χ3n) is 6.45. The van der Waals surface area contributed by atoms with Crippen molar-refractivity contribution in [3.05, 3.63) is 88.4 Å². The summed E-state index contributed by atoms with van der Waals surface area (Å²) in [6, 6.07) is 18.8. The Morgan fingerprint density at radius 3 is 2.47 bits per heavy atom. The molecule has 0 aliphatic carbocycles. The summed E-state index contributed by atoms with van der Waals surface area (Å²) in [7, 11) is 0. The van der Waals surface area contributed by atoms with Gasteiger partial charge < -0.3 is 10.2 Å². The number of likely N-dealkylation sites (tertiary alicyclic amines) is 1. The maximum Gasteiger partial charge on any atom is 0.257 e. The van der Waals surface area contributed by atoms with Gasteiger partial charge in [0.15, 0.2) is 0 Å². The summed E-state index contributed by atoms with van der Waals surface area (Å²) in [5.41, 5.74) is 7.17. The van der Waals surface area contributed by atoms with E-state index in [-0.39, 0.29) is 5.91 Å². The largest absolute Gasteiger partial charge is 0.353 e. The van der Waals surface area contributed by atoms with Crippen LogP contribution in [0.5, 0.6) is 0 Å². The molecule has 1 saturated heterocycles. The quantitative estimate of drug-likeness (QED) is 0.384. The highest BCUT2D eigenvalue weighted by Gasteiger charge is 2.27. The molecule has 4 nitrogen and oxygen atoms in total. The average Bonchev–Trinajstić information content (AvgIpc) is 3.22. The highest BCUT2D eigenvalue weighted by atomic mass is 32.1. The third kappa shape index (κ3) is 3.89. The van der Waals surface area contributed by atoms with Crippen molar-refractivity contribution in [2.24, 2.45) is 0 Å². The number of hydrogen-bond acceptors (Lipinski definition) is 4. The number of thiophene rings is 1. The van der Waals surface area contributed by atoms with E-state index < -0.39 is 0 Å². The van der Waals surface area contributed by atoms with Crippen LogP contribution in [-0.2, 0) is 0 Å². The second kappa shape index (κ2) is 8.75. The fraction of sp³-hybridized carbons (Fsp3) is 0.259. The molecule has 2 aromatic carbocycles. The summed E-state index contributed by atoms with van der Waals surface area (Å²) < 4.78 is 1.04. The molecular weight excluding hydrogens is 414 g/mol. The van der Waals surface area contributed by atoms with Crippen molar-refractivity contribution in [1.82, 2.24) is 9.88 Å². The van der Waals surface area contributed by atoms with Crippen molar-refractivity contribution >= 4 is 38.8 Å². The number of para-hydroxylation sites is 1. The minimum absolute atomic E-state index is 0.0630. The maximum atomic E-state index is 13.6. The zero-order valence-electron chi connectivity index (χ0n) is 18.5. The number of pyridine rings is 1. The zero-order valence-corrected chi connectivity index (χ0v) is 19.3. The highest BCUT2D eigenvalue weighted by Crippen LogP contribution is 2.37. The summed E-state index contributed by atoms with van der Waals surface area (Å²) in [5.74, 6) is 0.582. The number of carbonyl (C=O) groups is 1. The van der Waals surface area contributed by atoms with Gasteiger partial charge in [-0.1, -0.05) is 48.5 Å². The number of anilines is 2. The summed E-state index contributed by atoms with van der Waals surface area (Å²) in [5, 5.41) is 5.69. The molecule has 162 valence electrons. The SMILES string of the molecule is Cc1ccccc1Nc1c(C(=O)N2CCC(c3ccccc3)CC2)cnc2c(C)csc12. The second-order valence-electron chi connectivity index (χ2n) is 8.56. The molecule has 3 heterocycles. The van der Waals surface area contributed by atoms with Crippen LogP contribution >= 0.6 is 11.3 Å². The lowest BCUT2D eigenvalue weighted by atomic mass is 9.89. The van der Waals surface area contributed by atoms with Gasteiger partial charge in [-0.15, -0.1) is 11.3 Å². The highest BCUT2D eigenvalue weighted by molar-refractivity contribution is 7.18. The molecule has 0 bridgehead atoms. The maximum absolute atomic E-state index is 13.6. The van der Waals surface area contributed by atoms with Crippen LogP contribution < -0.4 is 5.32 Å². The first-order valence-corrected chi connectivity index (χ1v) is 12.0. The van der Waals surface area contributed by atoms with Crippen LogP contribution in [0.1, 0.15) is 45.8 Å². The average molecular weight is 442 g/mol. The molecule has 2 aromatic heterocycles. The van der Waals surface area contributed by atoms with Crippen LogP contribution in [-0.4, -0.2) is 28.9 Å². The summed E-state index contributed by atoms with van der Waals surface area (Å²) in [6.07, 6.45) is 3.74. The summed E-state index contributed by atoms with van der Waals surface area (Å²) in [6.45, 7) is 5.68. The molecule has 1 fully saturated rings. The number of rotatable bonds is 4. The van der Waals surface area contributed by atoms with E-state index in [1.54, 1.807) is 17.5 Å². The van der Waals surface area contributed by atoms with E-state index in [9.17, 15) is 4.79 Å². The molecular formula is C27H27N3OS. The van der Waals surface area contributed by atoms with Gasteiger partial charge in [0, 0.05) is 25.0 Å². The van der Waals surface area contributed by atoms with Crippen molar-refractivity contribution in [1.29, 1.82) is 0 Å². The molecule has 4 aromatic rings. The number of nitrogens with one attached hydrogen (secondary N) is 1. The summed E-state index contributed by atoms with van der Waals surface area (Å²) >= 11 is 1.65. The Balaban J connectivity index is 1.45. The van der Waals surface area contributed by atoms with Gasteiger partial charge in [-0.3, -0.25) is 9.78 Å². The molecule has 5 heteroatoms. The smallest absolute Gasteiger partial charge is 0.257 e. The van der Waals surface area contributed by atoms with Gasteiger partial charge in [0.05, 0.1) is 21.5 Å². The monoisotopic (exact) mass is 441 g/mol. The summed E-state index contributed by atoms with van der Waals surface area (Å²) in [4.78, 5) is 20.3. The molecule has 32 heavy (non-hydrogen) atoms. The second-order valence-corrected chi connectivity index (χ2v) is 9.44. The number of benzene rings is 2. The van der Waals surface area contributed by atoms with Gasteiger partial charge in [0.1, 0.15) is 0 Å². The number of amides is 1. The Morgan fingerprint density at radius 1 is 1.00 bits per heavy atom. The van der Waals surface area contributed by atoms with Crippen molar-refractivity contribution in [2.45, 2.75) is 32.6 Å². The molecule has 0 atom stereocenters. The van der Waals surface area contributed by atoms with Crippen molar-refractivity contribution in [3.63, 3.8) is 0 Å². The fourth-order valence-corrected chi connectivity index (χ4v) is 5.55. The van der Waals surface area contributed by atoms with Gasteiger partial charge >= 0.3 is 0 Å². The molecule has 0 saturated carbocycles. The van der Waals surface area contributed by atoms with E-state index in [0.717, 1.165) is 58.6 Å². The van der Waals surface area contributed by atoms with Crippen LogP contribution in [0, 0.1) is 13.8 Å². The fourth-order valence-electron chi connectivity index (χ4n) is 4.54. The molecule has 1 N–H and O–H groups in total. The van der Waals surface area contributed by atoms with E-state index in [0.29, 0.717) is 11.5 Å². The van der Waals surface area contributed by atoms with Gasteiger partial charge in [0.25, 0.3) is 5.91 Å². The molecule has 1 amide bonds. The first-order valence-electron chi connectivity index (χ1n) is 11.2. The third-order valence-corrected chi connectivity index (χ3v) is 7.55. The number of fused-ring (bicyclic) bond motifs is 1. The van der Waals surface area contributed by atoms with Crippen LogP contribution in [0.4, 0.5) is 11.4 Å².